The van der Waals surface area contributed by atoms with Crippen LogP contribution in [-0.2, 0) is 11.3 Å². The molecule has 5 nitrogen and oxygen atoms in total. The fraction of sp³-hybridized carbons (Fsp3) is 0.696. The first-order valence-corrected chi connectivity index (χ1v) is 11.1. The highest BCUT2D eigenvalue weighted by atomic mass is 16.5. The molecule has 0 aromatic heterocycles. The third-order valence-electron chi connectivity index (χ3n) is 7.15. The van der Waals surface area contributed by atoms with Gasteiger partial charge in [0.25, 0.3) is 0 Å². The summed E-state index contributed by atoms with van der Waals surface area (Å²) in [5.41, 5.74) is 1.78. The molecule has 154 valence electrons. The quantitative estimate of drug-likeness (QED) is 0.584. The first kappa shape index (κ1) is 19.7. The van der Waals surface area contributed by atoms with E-state index in [1.807, 2.05) is 7.05 Å². The van der Waals surface area contributed by atoms with Crippen LogP contribution in [0.4, 0.5) is 0 Å². The van der Waals surface area contributed by atoms with E-state index in [0.29, 0.717) is 23.6 Å². The Hall–Kier alpha value is -1.59. The predicted octanol–water partition coefficient (Wildman–Crippen LogP) is 3.16. The molecule has 2 N–H and O–H groups in total. The van der Waals surface area contributed by atoms with Crippen LogP contribution in [0.25, 0.3) is 0 Å². The van der Waals surface area contributed by atoms with E-state index in [4.69, 9.17) is 4.74 Å². The summed E-state index contributed by atoms with van der Waals surface area (Å²) in [5, 5.41) is 7.42. The largest absolute Gasteiger partial charge is 0.378 e. The van der Waals surface area contributed by atoms with Crippen LogP contribution < -0.4 is 10.6 Å². The van der Waals surface area contributed by atoms with Crippen LogP contribution in [0.15, 0.2) is 35.3 Å². The number of rotatable bonds is 6. The van der Waals surface area contributed by atoms with Crippen LogP contribution in [-0.4, -0.2) is 55.8 Å². The summed E-state index contributed by atoms with van der Waals surface area (Å²) in [7, 11) is 1.89. The van der Waals surface area contributed by atoms with Crippen molar-refractivity contribution in [3.63, 3.8) is 0 Å². The summed E-state index contributed by atoms with van der Waals surface area (Å²) < 4.78 is 5.99. The maximum Gasteiger partial charge on any atom is 0.191 e. The van der Waals surface area contributed by atoms with Crippen molar-refractivity contribution >= 4 is 5.96 Å². The molecule has 0 bridgehead atoms. The normalized spacial score (nSPS) is 27.9. The van der Waals surface area contributed by atoms with Gasteiger partial charge in [0.15, 0.2) is 5.96 Å². The molecule has 0 radical (unpaired) electrons. The van der Waals surface area contributed by atoms with E-state index in [9.17, 15) is 0 Å². The van der Waals surface area contributed by atoms with Crippen molar-refractivity contribution in [3.05, 3.63) is 35.9 Å². The SMILES string of the molecule is CCOC1CC(NC(=NC)NC2CCN(Cc3ccccc3)CC2)C12CCC2. The van der Waals surface area contributed by atoms with Crippen molar-refractivity contribution in [1.29, 1.82) is 0 Å². The Bertz CT molecular complexity index is 650. The van der Waals surface area contributed by atoms with Gasteiger partial charge in [0.2, 0.25) is 0 Å². The first-order chi connectivity index (χ1) is 13.7. The van der Waals surface area contributed by atoms with Gasteiger partial charge in [-0.15, -0.1) is 0 Å². The number of guanidine groups is 1. The second-order valence-electron chi connectivity index (χ2n) is 8.72. The number of hydrogen-bond acceptors (Lipinski definition) is 3. The number of piperidine rings is 1. The van der Waals surface area contributed by atoms with E-state index < -0.39 is 0 Å². The van der Waals surface area contributed by atoms with E-state index in [0.717, 1.165) is 38.6 Å². The van der Waals surface area contributed by atoms with Crippen molar-refractivity contribution < 1.29 is 4.74 Å². The molecular formula is C23H36N4O. The second-order valence-corrected chi connectivity index (χ2v) is 8.72. The predicted molar refractivity (Wildman–Crippen MR) is 114 cm³/mol. The van der Waals surface area contributed by atoms with Gasteiger partial charge in [0.1, 0.15) is 0 Å². The molecule has 3 fully saturated rings. The van der Waals surface area contributed by atoms with E-state index in [2.05, 4.69) is 57.8 Å². The minimum absolute atomic E-state index is 0.368. The fourth-order valence-corrected chi connectivity index (χ4v) is 5.25. The average molecular weight is 385 g/mol. The zero-order valence-electron chi connectivity index (χ0n) is 17.5. The number of hydrogen-bond donors (Lipinski definition) is 2. The molecule has 4 rings (SSSR count). The molecule has 0 amide bonds. The van der Waals surface area contributed by atoms with Crippen LogP contribution in [0.2, 0.25) is 0 Å². The highest BCUT2D eigenvalue weighted by Gasteiger charge is 2.59. The average Bonchev–Trinajstić information content (AvgIpc) is 2.67. The van der Waals surface area contributed by atoms with Crippen LogP contribution in [0.5, 0.6) is 0 Å². The van der Waals surface area contributed by atoms with E-state index >= 15 is 0 Å². The Morgan fingerprint density at radius 2 is 1.93 bits per heavy atom. The molecular weight excluding hydrogens is 348 g/mol. The lowest BCUT2D eigenvalue weighted by Crippen LogP contribution is -2.69. The third kappa shape index (κ3) is 4.06. The summed E-state index contributed by atoms with van der Waals surface area (Å²) in [4.78, 5) is 7.09. The Balaban J connectivity index is 1.23. The molecule has 28 heavy (non-hydrogen) atoms. The zero-order chi connectivity index (χ0) is 19.4. The summed E-state index contributed by atoms with van der Waals surface area (Å²) in [6, 6.07) is 11.8. The Morgan fingerprint density at radius 3 is 2.54 bits per heavy atom. The molecule has 1 aliphatic heterocycles. The smallest absolute Gasteiger partial charge is 0.191 e. The Kier molecular flexibility index (Phi) is 6.22. The molecule has 2 unspecified atom stereocenters. The summed E-state index contributed by atoms with van der Waals surface area (Å²) >= 11 is 0. The van der Waals surface area contributed by atoms with Crippen molar-refractivity contribution in [3.8, 4) is 0 Å². The van der Waals surface area contributed by atoms with Crippen LogP contribution in [0.1, 0.15) is 51.0 Å². The summed E-state index contributed by atoms with van der Waals surface area (Å²) in [6.45, 7) is 6.28. The molecule has 1 saturated heterocycles. The van der Waals surface area contributed by atoms with E-state index in [1.54, 1.807) is 0 Å². The number of nitrogens with one attached hydrogen (secondary N) is 2. The van der Waals surface area contributed by atoms with Gasteiger partial charge in [-0.1, -0.05) is 36.8 Å². The number of benzene rings is 1. The lowest BCUT2D eigenvalue weighted by atomic mass is 9.51. The fourth-order valence-electron chi connectivity index (χ4n) is 5.25. The molecule has 5 heteroatoms. The molecule has 1 aromatic carbocycles. The van der Waals surface area contributed by atoms with Gasteiger partial charge < -0.3 is 15.4 Å². The minimum Gasteiger partial charge on any atom is -0.378 e. The highest BCUT2D eigenvalue weighted by molar-refractivity contribution is 5.80. The van der Waals surface area contributed by atoms with E-state index in [-0.39, 0.29) is 0 Å². The Morgan fingerprint density at radius 1 is 1.18 bits per heavy atom. The van der Waals surface area contributed by atoms with Gasteiger partial charge in [-0.2, -0.15) is 0 Å². The number of nitrogens with zero attached hydrogens (tertiary/aromatic N) is 2. The van der Waals surface area contributed by atoms with Gasteiger partial charge in [0, 0.05) is 50.8 Å². The van der Waals surface area contributed by atoms with Gasteiger partial charge in [0.05, 0.1) is 6.10 Å². The molecule has 1 spiro atoms. The summed E-state index contributed by atoms with van der Waals surface area (Å²) in [5.74, 6) is 0.979. The maximum atomic E-state index is 5.99. The maximum absolute atomic E-state index is 5.99. The molecule has 1 aromatic rings. The van der Waals surface area contributed by atoms with Crippen molar-refractivity contribution in [2.24, 2.45) is 10.4 Å². The number of likely N-dealkylation sites (tertiary alicyclic amines) is 1. The van der Waals surface area contributed by atoms with Crippen molar-refractivity contribution in [2.75, 3.05) is 26.7 Å². The number of ether oxygens (including phenoxy) is 1. The van der Waals surface area contributed by atoms with Gasteiger partial charge in [-0.3, -0.25) is 9.89 Å². The number of aliphatic imine (C=N–C) groups is 1. The molecule has 2 atom stereocenters. The lowest BCUT2D eigenvalue weighted by Gasteiger charge is -2.61. The topological polar surface area (TPSA) is 48.9 Å². The van der Waals surface area contributed by atoms with Crippen molar-refractivity contribution in [2.45, 2.75) is 70.2 Å². The van der Waals surface area contributed by atoms with Gasteiger partial charge in [-0.25, -0.2) is 0 Å². The first-order valence-electron chi connectivity index (χ1n) is 11.1. The van der Waals surface area contributed by atoms with Gasteiger partial charge in [-0.05, 0) is 44.6 Å². The van der Waals surface area contributed by atoms with Crippen LogP contribution in [0, 0.1) is 5.41 Å². The summed E-state index contributed by atoms with van der Waals surface area (Å²) in [6.07, 6.45) is 7.84. The second kappa shape index (κ2) is 8.83. The zero-order valence-corrected chi connectivity index (χ0v) is 17.5. The third-order valence-corrected chi connectivity index (χ3v) is 7.15. The standard InChI is InChI=1S/C23H36N4O/c1-3-28-21-16-20(23(21)12-7-13-23)26-22(24-2)25-19-10-14-27(15-11-19)17-18-8-5-4-6-9-18/h4-6,8-9,19-21H,3,7,10-17H2,1-2H3,(H2,24,25,26). The molecule has 2 aliphatic carbocycles. The van der Waals surface area contributed by atoms with Crippen LogP contribution in [0.3, 0.4) is 0 Å². The molecule has 1 heterocycles. The Labute approximate surface area is 169 Å². The van der Waals surface area contributed by atoms with E-state index in [1.165, 1.54) is 37.7 Å². The lowest BCUT2D eigenvalue weighted by molar-refractivity contribution is -0.168. The molecule has 3 aliphatic rings. The van der Waals surface area contributed by atoms with Gasteiger partial charge >= 0.3 is 0 Å². The van der Waals surface area contributed by atoms with Crippen LogP contribution >= 0.6 is 0 Å². The highest BCUT2D eigenvalue weighted by Crippen LogP contribution is 2.57. The van der Waals surface area contributed by atoms with Crippen molar-refractivity contribution in [1.82, 2.24) is 15.5 Å². The monoisotopic (exact) mass is 384 g/mol. The minimum atomic E-state index is 0.368. The molecule has 2 saturated carbocycles.